The summed E-state index contributed by atoms with van der Waals surface area (Å²) in [5.74, 6) is 0.648. The van der Waals surface area contributed by atoms with Gasteiger partial charge in [0.1, 0.15) is 19.0 Å². The topological polar surface area (TPSA) is 65.0 Å². The number of hydrogen-bond donors (Lipinski definition) is 1. The lowest BCUT2D eigenvalue weighted by atomic mass is 9.92. The molecule has 0 saturated heterocycles. The minimum atomic E-state index is -0.853. The molecule has 0 aromatic heterocycles. The van der Waals surface area contributed by atoms with Crippen LogP contribution < -0.4 is 14.2 Å². The predicted octanol–water partition coefficient (Wildman–Crippen LogP) is 3.27. The van der Waals surface area contributed by atoms with Crippen molar-refractivity contribution in [1.82, 2.24) is 0 Å². The molecule has 0 fully saturated rings. The number of rotatable bonds is 6. The van der Waals surface area contributed by atoms with Gasteiger partial charge in [-0.1, -0.05) is 18.2 Å². The Bertz CT molecular complexity index is 708. The Kier molecular flexibility index (Phi) is 4.89. The number of aliphatic carboxylic acids is 1. The van der Waals surface area contributed by atoms with E-state index in [0.717, 1.165) is 16.9 Å². The molecule has 5 nitrogen and oxygen atoms in total. The van der Waals surface area contributed by atoms with E-state index in [2.05, 4.69) is 0 Å². The van der Waals surface area contributed by atoms with Crippen molar-refractivity contribution in [3.63, 3.8) is 0 Å². The Hall–Kier alpha value is -2.69. The van der Waals surface area contributed by atoms with Crippen LogP contribution in [0, 0.1) is 0 Å². The highest BCUT2D eigenvalue weighted by atomic mass is 16.6. The van der Waals surface area contributed by atoms with Crippen molar-refractivity contribution in [1.29, 1.82) is 0 Å². The fourth-order valence-electron chi connectivity index (χ4n) is 2.76. The lowest BCUT2D eigenvalue weighted by molar-refractivity contribution is -0.138. The van der Waals surface area contributed by atoms with E-state index in [1.54, 1.807) is 12.1 Å². The van der Waals surface area contributed by atoms with Gasteiger partial charge in [-0.3, -0.25) is 4.79 Å². The molecule has 0 saturated carbocycles. The molecule has 1 heterocycles. The molecule has 1 atom stereocenters. The van der Waals surface area contributed by atoms with Crippen LogP contribution in [-0.2, 0) is 11.2 Å². The zero-order valence-corrected chi connectivity index (χ0v) is 13.5. The van der Waals surface area contributed by atoms with Gasteiger partial charge in [0, 0.05) is 0 Å². The Balaban J connectivity index is 1.80. The molecule has 24 heavy (non-hydrogen) atoms. The molecule has 0 amide bonds. The van der Waals surface area contributed by atoms with Gasteiger partial charge in [-0.15, -0.1) is 0 Å². The van der Waals surface area contributed by atoms with Gasteiger partial charge in [0.15, 0.2) is 11.5 Å². The molecular weight excluding hydrogens is 308 g/mol. The van der Waals surface area contributed by atoms with Crippen molar-refractivity contribution in [3.8, 4) is 17.2 Å². The Morgan fingerprint density at radius 3 is 2.50 bits per heavy atom. The third-order valence-corrected chi connectivity index (χ3v) is 3.94. The van der Waals surface area contributed by atoms with E-state index in [1.165, 1.54) is 0 Å². The standard InChI is InChI=1S/C19H20O5/c1-2-22-15-6-4-14(5-7-15)16(19(20)21)11-13-3-8-17-18(12-13)24-10-9-23-17/h3-8,12,16H,2,9-11H2,1H3,(H,20,21). The largest absolute Gasteiger partial charge is 0.494 e. The molecule has 2 aromatic rings. The molecule has 1 aliphatic heterocycles. The minimum Gasteiger partial charge on any atom is -0.494 e. The van der Waals surface area contributed by atoms with Gasteiger partial charge in [-0.25, -0.2) is 0 Å². The molecule has 0 bridgehead atoms. The second-order valence-corrected chi connectivity index (χ2v) is 5.58. The molecule has 1 unspecified atom stereocenters. The van der Waals surface area contributed by atoms with E-state index in [1.807, 2.05) is 37.3 Å². The second-order valence-electron chi connectivity index (χ2n) is 5.58. The summed E-state index contributed by atoms with van der Waals surface area (Å²) in [5.41, 5.74) is 1.65. The van der Waals surface area contributed by atoms with Gasteiger partial charge >= 0.3 is 5.97 Å². The Morgan fingerprint density at radius 2 is 1.83 bits per heavy atom. The summed E-state index contributed by atoms with van der Waals surface area (Å²) >= 11 is 0. The van der Waals surface area contributed by atoms with Crippen molar-refractivity contribution in [2.24, 2.45) is 0 Å². The highest BCUT2D eigenvalue weighted by Crippen LogP contribution is 2.33. The number of benzene rings is 2. The SMILES string of the molecule is CCOc1ccc(C(Cc2ccc3c(c2)OCCO3)C(=O)O)cc1. The molecule has 2 aromatic carbocycles. The average molecular weight is 328 g/mol. The van der Waals surface area contributed by atoms with Crippen LogP contribution in [0.25, 0.3) is 0 Å². The van der Waals surface area contributed by atoms with E-state index in [0.29, 0.717) is 37.7 Å². The summed E-state index contributed by atoms with van der Waals surface area (Å²) in [4.78, 5) is 11.7. The monoisotopic (exact) mass is 328 g/mol. The quantitative estimate of drug-likeness (QED) is 0.881. The summed E-state index contributed by atoms with van der Waals surface area (Å²) in [6.45, 7) is 3.54. The van der Waals surface area contributed by atoms with Crippen molar-refractivity contribution >= 4 is 5.97 Å². The van der Waals surface area contributed by atoms with E-state index in [-0.39, 0.29) is 0 Å². The third-order valence-electron chi connectivity index (χ3n) is 3.94. The van der Waals surface area contributed by atoms with Gasteiger partial charge < -0.3 is 19.3 Å². The molecule has 1 aliphatic rings. The van der Waals surface area contributed by atoms with Crippen LogP contribution in [0.4, 0.5) is 0 Å². The molecule has 0 radical (unpaired) electrons. The van der Waals surface area contributed by atoms with Crippen LogP contribution >= 0.6 is 0 Å². The van der Waals surface area contributed by atoms with Crippen LogP contribution in [0.15, 0.2) is 42.5 Å². The summed E-state index contributed by atoms with van der Waals surface area (Å²) in [7, 11) is 0. The molecule has 5 heteroatoms. The second kappa shape index (κ2) is 7.25. The van der Waals surface area contributed by atoms with Gasteiger partial charge in [0.25, 0.3) is 0 Å². The van der Waals surface area contributed by atoms with Crippen LogP contribution in [0.1, 0.15) is 24.0 Å². The van der Waals surface area contributed by atoms with Gasteiger partial charge in [0.05, 0.1) is 12.5 Å². The first kappa shape index (κ1) is 16.2. The first-order chi connectivity index (χ1) is 11.7. The lowest BCUT2D eigenvalue weighted by Crippen LogP contribution is -2.17. The van der Waals surface area contributed by atoms with Crippen molar-refractivity contribution < 1.29 is 24.1 Å². The molecule has 3 rings (SSSR count). The normalized spacial score (nSPS) is 14.0. The van der Waals surface area contributed by atoms with Crippen molar-refractivity contribution in [3.05, 3.63) is 53.6 Å². The molecule has 0 aliphatic carbocycles. The van der Waals surface area contributed by atoms with Crippen LogP contribution in [-0.4, -0.2) is 30.9 Å². The highest BCUT2D eigenvalue weighted by molar-refractivity contribution is 5.76. The molecular formula is C19H20O5. The van der Waals surface area contributed by atoms with Crippen LogP contribution in [0.3, 0.4) is 0 Å². The van der Waals surface area contributed by atoms with Crippen molar-refractivity contribution in [2.45, 2.75) is 19.3 Å². The van der Waals surface area contributed by atoms with E-state index in [4.69, 9.17) is 14.2 Å². The maximum atomic E-state index is 11.7. The first-order valence-electron chi connectivity index (χ1n) is 8.01. The highest BCUT2D eigenvalue weighted by Gasteiger charge is 2.22. The third kappa shape index (κ3) is 3.62. The fraction of sp³-hybridized carbons (Fsp3) is 0.316. The average Bonchev–Trinajstić information content (AvgIpc) is 2.60. The first-order valence-corrected chi connectivity index (χ1v) is 8.01. The number of carboxylic acids is 1. The summed E-state index contributed by atoms with van der Waals surface area (Å²) < 4.78 is 16.5. The summed E-state index contributed by atoms with van der Waals surface area (Å²) in [5, 5.41) is 9.61. The van der Waals surface area contributed by atoms with Crippen LogP contribution in [0.2, 0.25) is 0 Å². The van der Waals surface area contributed by atoms with Gasteiger partial charge in [0.2, 0.25) is 0 Å². The van der Waals surface area contributed by atoms with Crippen molar-refractivity contribution in [2.75, 3.05) is 19.8 Å². The Morgan fingerprint density at radius 1 is 1.12 bits per heavy atom. The summed E-state index contributed by atoms with van der Waals surface area (Å²) in [6.07, 6.45) is 0.389. The number of carboxylic acid groups (broad SMARTS) is 1. The smallest absolute Gasteiger partial charge is 0.311 e. The van der Waals surface area contributed by atoms with E-state index >= 15 is 0 Å². The van der Waals surface area contributed by atoms with Gasteiger partial charge in [-0.2, -0.15) is 0 Å². The molecule has 1 N–H and O–H groups in total. The number of ether oxygens (including phenoxy) is 3. The fourth-order valence-corrected chi connectivity index (χ4v) is 2.76. The zero-order chi connectivity index (χ0) is 16.9. The maximum absolute atomic E-state index is 11.7. The number of fused-ring (bicyclic) bond motifs is 1. The lowest BCUT2D eigenvalue weighted by Gasteiger charge is -2.20. The molecule has 126 valence electrons. The number of hydrogen-bond acceptors (Lipinski definition) is 4. The minimum absolute atomic E-state index is 0.389. The summed E-state index contributed by atoms with van der Waals surface area (Å²) in [6, 6.07) is 12.8. The van der Waals surface area contributed by atoms with E-state index in [9.17, 15) is 9.90 Å². The number of carbonyl (C=O) groups is 1. The van der Waals surface area contributed by atoms with E-state index < -0.39 is 11.9 Å². The van der Waals surface area contributed by atoms with Crippen LogP contribution in [0.5, 0.6) is 17.2 Å². The zero-order valence-electron chi connectivity index (χ0n) is 13.5. The Labute approximate surface area is 140 Å². The predicted molar refractivity (Wildman–Crippen MR) is 89.1 cm³/mol. The molecule has 0 spiro atoms. The maximum Gasteiger partial charge on any atom is 0.311 e. The van der Waals surface area contributed by atoms with Gasteiger partial charge in [-0.05, 0) is 48.7 Å².